The molecule has 0 radical (unpaired) electrons. The summed E-state index contributed by atoms with van der Waals surface area (Å²) in [4.78, 5) is 37.8. The van der Waals surface area contributed by atoms with Gasteiger partial charge in [0.05, 0.1) is 0 Å². The molecule has 0 aromatic carbocycles. The van der Waals surface area contributed by atoms with Crippen LogP contribution >= 0.6 is 11.3 Å². The standard InChI is InChI=1S/C11H13N3O4S/c1-6(15)12-10-13-7(5-19-10)8(16)14-11(9(17)18)3-2-4-11/h5H,2-4H2,1H3,(H,14,16)(H,17,18)(H,12,13,15). The van der Waals surface area contributed by atoms with Gasteiger partial charge >= 0.3 is 5.97 Å². The fraction of sp³-hybridized carbons (Fsp3) is 0.455. The first-order valence-electron chi connectivity index (χ1n) is 5.72. The van der Waals surface area contributed by atoms with Crippen molar-refractivity contribution in [2.45, 2.75) is 31.7 Å². The predicted octanol–water partition coefficient (Wildman–Crippen LogP) is 0.839. The maximum atomic E-state index is 11.9. The van der Waals surface area contributed by atoms with Gasteiger partial charge < -0.3 is 15.7 Å². The molecule has 1 aromatic rings. The summed E-state index contributed by atoms with van der Waals surface area (Å²) in [5.41, 5.74) is -1.05. The van der Waals surface area contributed by atoms with E-state index in [1.807, 2.05) is 0 Å². The molecule has 2 amide bonds. The van der Waals surface area contributed by atoms with Crippen molar-refractivity contribution in [2.75, 3.05) is 5.32 Å². The minimum Gasteiger partial charge on any atom is -0.480 e. The Morgan fingerprint density at radius 3 is 2.58 bits per heavy atom. The molecule has 0 bridgehead atoms. The van der Waals surface area contributed by atoms with Gasteiger partial charge in [0.2, 0.25) is 5.91 Å². The molecule has 19 heavy (non-hydrogen) atoms. The highest BCUT2D eigenvalue weighted by Gasteiger charge is 2.46. The Kier molecular flexibility index (Phi) is 3.52. The van der Waals surface area contributed by atoms with Crippen molar-refractivity contribution in [1.29, 1.82) is 0 Å². The Hall–Kier alpha value is -1.96. The van der Waals surface area contributed by atoms with Gasteiger partial charge in [0, 0.05) is 12.3 Å². The first-order valence-corrected chi connectivity index (χ1v) is 6.60. The fourth-order valence-corrected chi connectivity index (χ4v) is 2.53. The molecule has 1 aliphatic carbocycles. The van der Waals surface area contributed by atoms with E-state index < -0.39 is 17.4 Å². The predicted molar refractivity (Wildman–Crippen MR) is 68.1 cm³/mol. The molecule has 0 aliphatic heterocycles. The van der Waals surface area contributed by atoms with Gasteiger partial charge in [0.25, 0.3) is 5.91 Å². The van der Waals surface area contributed by atoms with Crippen LogP contribution in [0, 0.1) is 0 Å². The minimum atomic E-state index is -1.16. The van der Waals surface area contributed by atoms with E-state index in [0.29, 0.717) is 18.0 Å². The van der Waals surface area contributed by atoms with E-state index in [2.05, 4.69) is 15.6 Å². The second kappa shape index (κ2) is 4.96. The van der Waals surface area contributed by atoms with Gasteiger partial charge in [-0.1, -0.05) is 0 Å². The van der Waals surface area contributed by atoms with Crippen LogP contribution in [0.25, 0.3) is 0 Å². The molecule has 1 fully saturated rings. The van der Waals surface area contributed by atoms with Crippen LogP contribution in [0.1, 0.15) is 36.7 Å². The highest BCUT2D eigenvalue weighted by Crippen LogP contribution is 2.32. The molecule has 1 saturated carbocycles. The molecule has 0 unspecified atom stereocenters. The number of nitrogens with one attached hydrogen (secondary N) is 2. The number of nitrogens with zero attached hydrogens (tertiary/aromatic N) is 1. The van der Waals surface area contributed by atoms with Crippen LogP contribution in [0.5, 0.6) is 0 Å². The van der Waals surface area contributed by atoms with E-state index in [-0.39, 0.29) is 11.6 Å². The molecular weight excluding hydrogens is 270 g/mol. The lowest BCUT2D eigenvalue weighted by Gasteiger charge is -2.37. The molecule has 1 aliphatic rings. The van der Waals surface area contributed by atoms with Crippen molar-refractivity contribution in [2.24, 2.45) is 0 Å². The highest BCUT2D eigenvalue weighted by atomic mass is 32.1. The van der Waals surface area contributed by atoms with Crippen LogP contribution in [0.15, 0.2) is 5.38 Å². The topological polar surface area (TPSA) is 108 Å². The molecule has 7 nitrogen and oxygen atoms in total. The molecule has 0 spiro atoms. The Bertz CT molecular complexity index is 536. The summed E-state index contributed by atoms with van der Waals surface area (Å²) in [5.74, 6) is -1.83. The lowest BCUT2D eigenvalue weighted by atomic mass is 9.76. The van der Waals surface area contributed by atoms with Crippen LogP contribution in [-0.2, 0) is 9.59 Å². The zero-order valence-corrected chi connectivity index (χ0v) is 11.0. The molecule has 0 saturated heterocycles. The lowest BCUT2D eigenvalue weighted by Crippen LogP contribution is -2.59. The van der Waals surface area contributed by atoms with Crippen molar-refractivity contribution < 1.29 is 19.5 Å². The van der Waals surface area contributed by atoms with Crippen molar-refractivity contribution in [1.82, 2.24) is 10.3 Å². The SMILES string of the molecule is CC(=O)Nc1nc(C(=O)NC2(C(=O)O)CCC2)cs1. The Morgan fingerprint density at radius 1 is 1.42 bits per heavy atom. The van der Waals surface area contributed by atoms with Crippen LogP contribution in [0.3, 0.4) is 0 Å². The highest BCUT2D eigenvalue weighted by molar-refractivity contribution is 7.14. The number of carboxylic acids is 1. The second-order valence-electron chi connectivity index (χ2n) is 4.41. The van der Waals surface area contributed by atoms with E-state index >= 15 is 0 Å². The summed E-state index contributed by atoms with van der Waals surface area (Å²) in [6.07, 6.45) is 1.63. The Balaban J connectivity index is 2.05. The third-order valence-electron chi connectivity index (χ3n) is 2.99. The number of aromatic nitrogens is 1. The first kappa shape index (κ1) is 13.5. The van der Waals surface area contributed by atoms with E-state index in [0.717, 1.165) is 17.8 Å². The number of amides is 2. The van der Waals surface area contributed by atoms with Gasteiger partial charge in [-0.25, -0.2) is 9.78 Å². The monoisotopic (exact) mass is 283 g/mol. The average Bonchev–Trinajstić information content (AvgIpc) is 2.70. The van der Waals surface area contributed by atoms with Crippen LogP contribution in [0.4, 0.5) is 5.13 Å². The van der Waals surface area contributed by atoms with Gasteiger partial charge in [-0.2, -0.15) is 0 Å². The summed E-state index contributed by atoms with van der Waals surface area (Å²) in [6.45, 7) is 1.34. The van der Waals surface area contributed by atoms with Gasteiger partial charge in [-0.15, -0.1) is 11.3 Å². The third-order valence-corrected chi connectivity index (χ3v) is 3.75. The number of rotatable bonds is 4. The van der Waals surface area contributed by atoms with Crippen molar-refractivity contribution in [3.05, 3.63) is 11.1 Å². The third kappa shape index (κ3) is 2.73. The van der Waals surface area contributed by atoms with E-state index in [4.69, 9.17) is 5.11 Å². The zero-order valence-electron chi connectivity index (χ0n) is 10.2. The second-order valence-corrected chi connectivity index (χ2v) is 5.27. The number of carbonyl (C=O) groups excluding carboxylic acids is 2. The summed E-state index contributed by atoms with van der Waals surface area (Å²) in [6, 6.07) is 0. The molecular formula is C11H13N3O4S. The number of thiazole rings is 1. The molecule has 102 valence electrons. The summed E-state index contributed by atoms with van der Waals surface area (Å²) >= 11 is 1.11. The summed E-state index contributed by atoms with van der Waals surface area (Å²) < 4.78 is 0. The van der Waals surface area contributed by atoms with Crippen molar-refractivity contribution in [3.63, 3.8) is 0 Å². The lowest BCUT2D eigenvalue weighted by molar-refractivity contribution is -0.148. The normalized spacial score (nSPS) is 16.3. The summed E-state index contributed by atoms with van der Waals surface area (Å²) in [5, 5.41) is 15.9. The molecule has 2 rings (SSSR count). The van der Waals surface area contributed by atoms with Gasteiger partial charge in [-0.3, -0.25) is 9.59 Å². The van der Waals surface area contributed by atoms with Crippen LogP contribution < -0.4 is 10.6 Å². The number of hydrogen-bond acceptors (Lipinski definition) is 5. The Labute approximate surface area is 113 Å². The number of aliphatic carboxylic acids is 1. The molecule has 1 aromatic heterocycles. The quantitative estimate of drug-likeness (QED) is 0.758. The largest absolute Gasteiger partial charge is 0.480 e. The molecule has 1 heterocycles. The smallest absolute Gasteiger partial charge is 0.329 e. The van der Waals surface area contributed by atoms with E-state index in [1.165, 1.54) is 12.3 Å². The first-order chi connectivity index (χ1) is 8.93. The van der Waals surface area contributed by atoms with Crippen LogP contribution in [0.2, 0.25) is 0 Å². The Morgan fingerprint density at radius 2 is 2.11 bits per heavy atom. The van der Waals surface area contributed by atoms with E-state index in [9.17, 15) is 14.4 Å². The molecule has 3 N–H and O–H groups in total. The summed E-state index contributed by atoms with van der Waals surface area (Å²) in [7, 11) is 0. The maximum absolute atomic E-state index is 11.9. The van der Waals surface area contributed by atoms with Crippen molar-refractivity contribution >= 4 is 34.3 Å². The fourth-order valence-electron chi connectivity index (χ4n) is 1.79. The molecule has 8 heteroatoms. The minimum absolute atomic E-state index is 0.112. The van der Waals surface area contributed by atoms with Gasteiger partial charge in [-0.05, 0) is 19.3 Å². The van der Waals surface area contributed by atoms with Crippen molar-refractivity contribution in [3.8, 4) is 0 Å². The maximum Gasteiger partial charge on any atom is 0.329 e. The number of hydrogen-bond donors (Lipinski definition) is 3. The number of carbonyl (C=O) groups is 3. The number of anilines is 1. The van der Waals surface area contributed by atoms with Gasteiger partial charge in [0.15, 0.2) is 5.13 Å². The number of carboxylic acid groups (broad SMARTS) is 1. The van der Waals surface area contributed by atoms with Crippen LogP contribution in [-0.4, -0.2) is 33.4 Å². The average molecular weight is 283 g/mol. The van der Waals surface area contributed by atoms with Gasteiger partial charge in [0.1, 0.15) is 11.2 Å². The zero-order chi connectivity index (χ0) is 14.0. The molecule has 0 atom stereocenters. The van der Waals surface area contributed by atoms with E-state index in [1.54, 1.807) is 0 Å².